The average Bonchev–Trinajstić information content (AvgIpc) is 2.36. The number of nitrogens with zero attached hydrogens (tertiary/aromatic N) is 1. The molecule has 0 bridgehead atoms. The second-order valence-corrected chi connectivity index (χ2v) is 7.26. The van der Waals surface area contributed by atoms with Crippen LogP contribution in [0.1, 0.15) is 37.9 Å². The van der Waals surface area contributed by atoms with E-state index in [4.69, 9.17) is 11.6 Å². The Morgan fingerprint density at radius 3 is 2.18 bits per heavy atom. The number of piperazine rings is 1. The van der Waals surface area contributed by atoms with Crippen molar-refractivity contribution in [3.05, 3.63) is 34.3 Å². The number of benzene rings is 1. The summed E-state index contributed by atoms with van der Waals surface area (Å²) in [6.45, 7) is 9.47. The van der Waals surface area contributed by atoms with Gasteiger partial charge in [0.05, 0.1) is 5.56 Å². The lowest BCUT2D eigenvalue weighted by atomic mass is 9.80. The molecule has 2 rings (SSSR count). The number of alkyl halides is 3. The molecule has 0 amide bonds. The number of hydrogen-bond donors (Lipinski definition) is 1. The average molecular weight is 335 g/mol. The summed E-state index contributed by atoms with van der Waals surface area (Å²) in [4.78, 5) is 2.24. The summed E-state index contributed by atoms with van der Waals surface area (Å²) in [5.41, 5.74) is -0.237. The summed E-state index contributed by atoms with van der Waals surface area (Å²) in [7, 11) is 0. The minimum Gasteiger partial charge on any atom is -0.314 e. The molecule has 2 nitrogen and oxygen atoms in total. The highest BCUT2D eigenvalue weighted by atomic mass is 35.5. The largest absolute Gasteiger partial charge is 0.416 e. The van der Waals surface area contributed by atoms with Gasteiger partial charge in [-0.2, -0.15) is 13.2 Å². The molecule has 1 atom stereocenters. The SMILES string of the molecule is CC(C)(C)[C@H](c1cc(Cl)cc(C(F)(F)F)c1)N1CCNCC1. The zero-order chi connectivity index (χ0) is 16.5. The Hall–Kier alpha value is -0.780. The van der Waals surface area contributed by atoms with Crippen LogP contribution in [0, 0.1) is 5.41 Å². The summed E-state index contributed by atoms with van der Waals surface area (Å²) in [5.74, 6) is 0. The Morgan fingerprint density at radius 2 is 1.68 bits per heavy atom. The van der Waals surface area contributed by atoms with E-state index in [0.29, 0.717) is 5.56 Å². The highest BCUT2D eigenvalue weighted by Crippen LogP contribution is 2.41. The van der Waals surface area contributed by atoms with Gasteiger partial charge >= 0.3 is 6.18 Å². The van der Waals surface area contributed by atoms with Gasteiger partial charge in [0, 0.05) is 37.2 Å². The maximum Gasteiger partial charge on any atom is 0.416 e. The van der Waals surface area contributed by atoms with E-state index >= 15 is 0 Å². The molecule has 6 heteroatoms. The molecule has 22 heavy (non-hydrogen) atoms. The molecule has 0 unspecified atom stereocenters. The molecule has 1 aliphatic rings. The van der Waals surface area contributed by atoms with E-state index in [1.165, 1.54) is 6.07 Å². The van der Waals surface area contributed by atoms with Crippen LogP contribution in [0.5, 0.6) is 0 Å². The van der Waals surface area contributed by atoms with E-state index in [0.717, 1.165) is 32.2 Å². The van der Waals surface area contributed by atoms with Crippen molar-refractivity contribution < 1.29 is 13.2 Å². The highest BCUT2D eigenvalue weighted by molar-refractivity contribution is 6.30. The maximum atomic E-state index is 13.1. The third-order valence-corrected chi connectivity index (χ3v) is 4.12. The molecule has 1 fully saturated rings. The lowest BCUT2D eigenvalue weighted by molar-refractivity contribution is -0.137. The second-order valence-electron chi connectivity index (χ2n) is 6.83. The van der Waals surface area contributed by atoms with Crippen LogP contribution < -0.4 is 5.32 Å². The van der Waals surface area contributed by atoms with E-state index in [1.807, 2.05) is 20.8 Å². The Labute approximate surface area is 134 Å². The monoisotopic (exact) mass is 334 g/mol. The van der Waals surface area contributed by atoms with Crippen LogP contribution in [0.3, 0.4) is 0 Å². The van der Waals surface area contributed by atoms with Gasteiger partial charge < -0.3 is 5.32 Å². The normalized spacial score (nSPS) is 19.2. The first-order valence-electron chi connectivity index (χ1n) is 7.41. The first-order chi connectivity index (χ1) is 10.1. The van der Waals surface area contributed by atoms with E-state index in [9.17, 15) is 13.2 Å². The molecule has 1 heterocycles. The van der Waals surface area contributed by atoms with E-state index < -0.39 is 11.7 Å². The van der Waals surface area contributed by atoms with Crippen molar-refractivity contribution in [2.24, 2.45) is 5.41 Å². The van der Waals surface area contributed by atoms with Gasteiger partial charge in [0.25, 0.3) is 0 Å². The fourth-order valence-electron chi connectivity index (χ4n) is 3.13. The number of halogens is 4. The van der Waals surface area contributed by atoms with Crippen LogP contribution in [0.2, 0.25) is 5.02 Å². The van der Waals surface area contributed by atoms with Gasteiger partial charge in [-0.15, -0.1) is 0 Å². The van der Waals surface area contributed by atoms with Gasteiger partial charge in [0.15, 0.2) is 0 Å². The topological polar surface area (TPSA) is 15.3 Å². The number of hydrogen-bond acceptors (Lipinski definition) is 2. The molecule has 0 aromatic heterocycles. The molecule has 0 spiro atoms. The Bertz CT molecular complexity index is 517. The Kier molecular flexibility index (Phi) is 5.09. The van der Waals surface area contributed by atoms with Crippen LogP contribution in [-0.4, -0.2) is 31.1 Å². The molecular formula is C16H22ClF3N2. The minimum absolute atomic E-state index is 0.102. The predicted octanol–water partition coefficient (Wildman–Crippen LogP) is 4.35. The molecule has 0 saturated carbocycles. The van der Waals surface area contributed by atoms with Gasteiger partial charge in [-0.25, -0.2) is 0 Å². The summed E-state index contributed by atoms with van der Waals surface area (Å²) in [5, 5.41) is 3.41. The fraction of sp³-hybridized carbons (Fsp3) is 0.625. The summed E-state index contributed by atoms with van der Waals surface area (Å²) < 4.78 is 39.2. The molecule has 124 valence electrons. The Morgan fingerprint density at radius 1 is 1.09 bits per heavy atom. The number of nitrogens with one attached hydrogen (secondary N) is 1. The van der Waals surface area contributed by atoms with Gasteiger partial charge in [0.2, 0.25) is 0 Å². The first-order valence-corrected chi connectivity index (χ1v) is 7.79. The van der Waals surface area contributed by atoms with Gasteiger partial charge in [-0.1, -0.05) is 32.4 Å². The second kappa shape index (κ2) is 6.38. The lowest BCUT2D eigenvalue weighted by Crippen LogP contribution is -2.48. The van der Waals surface area contributed by atoms with Crippen molar-refractivity contribution in [3.8, 4) is 0 Å². The van der Waals surface area contributed by atoms with Crippen molar-refractivity contribution in [2.75, 3.05) is 26.2 Å². The van der Waals surface area contributed by atoms with Crippen molar-refractivity contribution in [2.45, 2.75) is 33.0 Å². The molecule has 0 aliphatic carbocycles. The maximum absolute atomic E-state index is 13.1. The van der Waals surface area contributed by atoms with Crippen LogP contribution in [0.25, 0.3) is 0 Å². The van der Waals surface area contributed by atoms with Crippen LogP contribution in [-0.2, 0) is 6.18 Å². The predicted molar refractivity (Wildman–Crippen MR) is 83.1 cm³/mol. The highest BCUT2D eigenvalue weighted by Gasteiger charge is 2.36. The van der Waals surface area contributed by atoms with Gasteiger partial charge in [0.1, 0.15) is 0 Å². The van der Waals surface area contributed by atoms with E-state index in [1.54, 1.807) is 6.07 Å². The molecule has 0 radical (unpaired) electrons. The van der Waals surface area contributed by atoms with Gasteiger partial charge in [-0.05, 0) is 29.2 Å². The zero-order valence-electron chi connectivity index (χ0n) is 13.1. The number of rotatable bonds is 2. The lowest BCUT2D eigenvalue weighted by Gasteiger charge is -2.42. The standard InChI is InChI=1S/C16H22ClF3N2/c1-15(2,3)14(22-6-4-21-5-7-22)11-8-12(16(18,19)20)10-13(17)9-11/h8-10,14,21H,4-7H2,1-3H3/t14-/m0/s1. The molecule has 1 aromatic carbocycles. The zero-order valence-corrected chi connectivity index (χ0v) is 13.9. The van der Waals surface area contributed by atoms with Crippen LogP contribution in [0.4, 0.5) is 13.2 Å². The van der Waals surface area contributed by atoms with Crippen molar-refractivity contribution in [1.82, 2.24) is 10.2 Å². The quantitative estimate of drug-likeness (QED) is 0.865. The third-order valence-electron chi connectivity index (χ3n) is 3.90. The molecule has 1 N–H and O–H groups in total. The molecule has 1 saturated heterocycles. The molecule has 1 aromatic rings. The van der Waals surface area contributed by atoms with E-state index in [2.05, 4.69) is 10.2 Å². The van der Waals surface area contributed by atoms with Crippen LogP contribution in [0.15, 0.2) is 18.2 Å². The third kappa shape index (κ3) is 4.15. The summed E-state index contributed by atoms with van der Waals surface area (Å²) in [6.07, 6.45) is -4.38. The summed E-state index contributed by atoms with van der Waals surface area (Å²) in [6, 6.07) is 3.79. The summed E-state index contributed by atoms with van der Waals surface area (Å²) >= 11 is 5.96. The minimum atomic E-state index is -4.38. The Balaban J connectivity index is 2.45. The van der Waals surface area contributed by atoms with Crippen molar-refractivity contribution in [1.29, 1.82) is 0 Å². The van der Waals surface area contributed by atoms with E-state index in [-0.39, 0.29) is 16.5 Å². The first kappa shape index (κ1) is 17.6. The van der Waals surface area contributed by atoms with Crippen molar-refractivity contribution in [3.63, 3.8) is 0 Å². The molecular weight excluding hydrogens is 313 g/mol. The molecule has 1 aliphatic heterocycles. The van der Waals surface area contributed by atoms with Gasteiger partial charge in [-0.3, -0.25) is 4.90 Å². The smallest absolute Gasteiger partial charge is 0.314 e. The van der Waals surface area contributed by atoms with Crippen molar-refractivity contribution >= 4 is 11.6 Å². The fourth-order valence-corrected chi connectivity index (χ4v) is 3.38. The van der Waals surface area contributed by atoms with Crippen LogP contribution >= 0.6 is 11.6 Å².